The summed E-state index contributed by atoms with van der Waals surface area (Å²) >= 11 is 0. The lowest BCUT2D eigenvalue weighted by Gasteiger charge is -2.13. The largest absolute Gasteiger partial charge is 0.326 e. The molecule has 1 aliphatic carbocycles. The Bertz CT molecular complexity index is 605. The Labute approximate surface area is 132 Å². The molecule has 0 aliphatic heterocycles. The number of hydrogen-bond donors (Lipinski definition) is 2. The minimum atomic E-state index is -3.50. The second kappa shape index (κ2) is 7.24. The summed E-state index contributed by atoms with van der Waals surface area (Å²) < 4.78 is 26.9. The highest BCUT2D eigenvalue weighted by molar-refractivity contribution is 7.89. The molecule has 1 aromatic carbocycles. The molecule has 1 aliphatic rings. The fourth-order valence-electron chi connectivity index (χ4n) is 2.57. The zero-order valence-electron chi connectivity index (χ0n) is 13.1. The van der Waals surface area contributed by atoms with Crippen molar-refractivity contribution in [2.24, 2.45) is 5.92 Å². The number of sulfonamides is 1. The topological polar surface area (TPSA) is 75.3 Å². The third-order valence-corrected chi connectivity index (χ3v) is 5.73. The molecule has 0 bridgehead atoms. The van der Waals surface area contributed by atoms with E-state index in [1.165, 1.54) is 12.1 Å². The van der Waals surface area contributed by atoms with Crippen molar-refractivity contribution in [3.8, 4) is 0 Å². The van der Waals surface area contributed by atoms with Crippen molar-refractivity contribution in [2.45, 2.75) is 56.9 Å². The number of hydrogen-bond acceptors (Lipinski definition) is 3. The third kappa shape index (κ3) is 4.30. The summed E-state index contributed by atoms with van der Waals surface area (Å²) in [5, 5.41) is 2.86. The molecule has 0 saturated heterocycles. The fourth-order valence-corrected chi connectivity index (χ4v) is 3.89. The van der Waals surface area contributed by atoms with Crippen molar-refractivity contribution < 1.29 is 13.2 Å². The molecule has 122 valence electrons. The van der Waals surface area contributed by atoms with Gasteiger partial charge in [0.1, 0.15) is 0 Å². The molecule has 1 aromatic rings. The van der Waals surface area contributed by atoms with Crippen molar-refractivity contribution >= 4 is 21.6 Å². The predicted octanol–water partition coefficient (Wildman–Crippen LogP) is 2.89. The molecule has 0 heterocycles. The first kappa shape index (κ1) is 17.0. The second-order valence-electron chi connectivity index (χ2n) is 5.93. The molecule has 0 aromatic heterocycles. The van der Waals surface area contributed by atoms with Gasteiger partial charge in [0, 0.05) is 17.6 Å². The molecule has 0 spiro atoms. The lowest BCUT2D eigenvalue weighted by molar-refractivity contribution is -0.119. The van der Waals surface area contributed by atoms with E-state index >= 15 is 0 Å². The summed E-state index contributed by atoms with van der Waals surface area (Å²) in [5.41, 5.74) is 0.638. The number of amides is 1. The van der Waals surface area contributed by atoms with Crippen LogP contribution in [0.3, 0.4) is 0 Å². The minimum Gasteiger partial charge on any atom is -0.326 e. The van der Waals surface area contributed by atoms with E-state index in [4.69, 9.17) is 0 Å². The van der Waals surface area contributed by atoms with E-state index in [1.54, 1.807) is 12.1 Å². The highest BCUT2D eigenvalue weighted by Crippen LogP contribution is 2.26. The number of anilines is 1. The van der Waals surface area contributed by atoms with E-state index in [0.29, 0.717) is 5.69 Å². The maximum absolute atomic E-state index is 12.1. The maximum Gasteiger partial charge on any atom is 0.240 e. The molecule has 0 radical (unpaired) electrons. The molecular weight excluding hydrogens is 300 g/mol. The summed E-state index contributed by atoms with van der Waals surface area (Å²) in [6, 6.07) is 6.21. The van der Waals surface area contributed by atoms with Gasteiger partial charge in [-0.25, -0.2) is 13.1 Å². The van der Waals surface area contributed by atoms with Gasteiger partial charge in [-0.2, -0.15) is 0 Å². The lowest BCUT2D eigenvalue weighted by Crippen LogP contribution is -2.32. The molecule has 1 atom stereocenters. The lowest BCUT2D eigenvalue weighted by atomic mass is 10.1. The van der Waals surface area contributed by atoms with Crippen LogP contribution in [0.5, 0.6) is 0 Å². The fraction of sp³-hybridized carbons (Fsp3) is 0.562. The molecule has 1 fully saturated rings. The molecule has 0 unspecified atom stereocenters. The first-order chi connectivity index (χ1) is 10.4. The highest BCUT2D eigenvalue weighted by Gasteiger charge is 2.23. The number of benzene rings is 1. The van der Waals surface area contributed by atoms with E-state index in [0.717, 1.165) is 32.1 Å². The van der Waals surface area contributed by atoms with Gasteiger partial charge in [0.05, 0.1) is 4.90 Å². The van der Waals surface area contributed by atoms with Crippen LogP contribution in [0, 0.1) is 5.92 Å². The number of nitrogens with one attached hydrogen (secondary N) is 2. The molecule has 5 nitrogen and oxygen atoms in total. The Hall–Kier alpha value is -1.40. The quantitative estimate of drug-likeness (QED) is 0.845. The van der Waals surface area contributed by atoms with E-state index in [-0.39, 0.29) is 22.8 Å². The van der Waals surface area contributed by atoms with Gasteiger partial charge < -0.3 is 5.32 Å². The second-order valence-corrected chi connectivity index (χ2v) is 7.64. The van der Waals surface area contributed by atoms with Gasteiger partial charge in [-0.05, 0) is 50.5 Å². The van der Waals surface area contributed by atoms with Crippen molar-refractivity contribution in [3.63, 3.8) is 0 Å². The standard InChI is InChI=1S/C16H24N2O3S/c1-3-12(2)18-22(20,21)15-10-8-14(9-11-15)17-16(19)13-6-4-5-7-13/h8-13,18H,3-7H2,1-2H3,(H,17,19)/t12-/m0/s1. The first-order valence-electron chi connectivity index (χ1n) is 7.85. The Morgan fingerprint density at radius 1 is 1.23 bits per heavy atom. The van der Waals surface area contributed by atoms with Crippen molar-refractivity contribution in [1.82, 2.24) is 4.72 Å². The summed E-state index contributed by atoms with van der Waals surface area (Å²) in [4.78, 5) is 12.3. The minimum absolute atomic E-state index is 0.0332. The van der Waals surface area contributed by atoms with Gasteiger partial charge in [-0.1, -0.05) is 19.8 Å². The molecule has 1 amide bonds. The highest BCUT2D eigenvalue weighted by atomic mass is 32.2. The van der Waals surface area contributed by atoms with Crippen molar-refractivity contribution in [1.29, 1.82) is 0 Å². The molecule has 2 N–H and O–H groups in total. The summed E-state index contributed by atoms with van der Waals surface area (Å²) in [6.45, 7) is 3.75. The number of carbonyl (C=O) groups excluding carboxylic acids is 1. The molecule has 1 saturated carbocycles. The van der Waals surface area contributed by atoms with Crippen LogP contribution < -0.4 is 10.0 Å². The smallest absolute Gasteiger partial charge is 0.240 e. The Balaban J connectivity index is 2.02. The van der Waals surface area contributed by atoms with Crippen LogP contribution in [-0.2, 0) is 14.8 Å². The Morgan fingerprint density at radius 3 is 2.36 bits per heavy atom. The maximum atomic E-state index is 12.1. The number of carbonyl (C=O) groups is 1. The van der Waals surface area contributed by atoms with Crippen molar-refractivity contribution in [2.75, 3.05) is 5.32 Å². The zero-order valence-corrected chi connectivity index (χ0v) is 13.9. The third-order valence-electron chi connectivity index (χ3n) is 4.13. The summed E-state index contributed by atoms with van der Waals surface area (Å²) in [7, 11) is -3.50. The Kier molecular flexibility index (Phi) is 5.58. The van der Waals surface area contributed by atoms with Gasteiger partial charge in [-0.3, -0.25) is 4.79 Å². The van der Waals surface area contributed by atoms with Crippen LogP contribution in [0.1, 0.15) is 46.0 Å². The van der Waals surface area contributed by atoms with Crippen LogP contribution in [-0.4, -0.2) is 20.4 Å². The normalized spacial score (nSPS) is 17.4. The van der Waals surface area contributed by atoms with E-state index in [1.807, 2.05) is 13.8 Å². The van der Waals surface area contributed by atoms with Crippen LogP contribution >= 0.6 is 0 Å². The zero-order chi connectivity index (χ0) is 16.2. The first-order valence-corrected chi connectivity index (χ1v) is 9.34. The Morgan fingerprint density at radius 2 is 1.82 bits per heavy atom. The average Bonchev–Trinajstić information content (AvgIpc) is 3.01. The van der Waals surface area contributed by atoms with Gasteiger partial charge in [0.25, 0.3) is 0 Å². The van der Waals surface area contributed by atoms with Crippen molar-refractivity contribution in [3.05, 3.63) is 24.3 Å². The molecular formula is C16H24N2O3S. The summed E-state index contributed by atoms with van der Waals surface area (Å²) in [6.07, 6.45) is 4.83. The van der Waals surface area contributed by atoms with Crippen LogP contribution in [0.4, 0.5) is 5.69 Å². The predicted molar refractivity (Wildman–Crippen MR) is 87.1 cm³/mol. The van der Waals surface area contributed by atoms with Gasteiger partial charge >= 0.3 is 0 Å². The number of rotatable bonds is 6. The molecule has 22 heavy (non-hydrogen) atoms. The summed E-state index contributed by atoms with van der Waals surface area (Å²) in [5.74, 6) is 0.126. The van der Waals surface area contributed by atoms with Gasteiger partial charge in [0.2, 0.25) is 15.9 Å². The SMILES string of the molecule is CC[C@H](C)NS(=O)(=O)c1ccc(NC(=O)C2CCCC2)cc1. The monoisotopic (exact) mass is 324 g/mol. The average molecular weight is 324 g/mol. The van der Waals surface area contributed by atoms with Crippen LogP contribution in [0.2, 0.25) is 0 Å². The molecule has 6 heteroatoms. The van der Waals surface area contributed by atoms with E-state index in [2.05, 4.69) is 10.0 Å². The van der Waals surface area contributed by atoms with Crippen LogP contribution in [0.15, 0.2) is 29.2 Å². The molecule has 2 rings (SSSR count). The van der Waals surface area contributed by atoms with Crippen LogP contribution in [0.25, 0.3) is 0 Å². The van der Waals surface area contributed by atoms with E-state index in [9.17, 15) is 13.2 Å². The van der Waals surface area contributed by atoms with Gasteiger partial charge in [0.15, 0.2) is 0 Å². The van der Waals surface area contributed by atoms with Gasteiger partial charge in [-0.15, -0.1) is 0 Å². The van der Waals surface area contributed by atoms with E-state index < -0.39 is 10.0 Å².